The molecule has 0 fully saturated rings. The van der Waals surface area contributed by atoms with Gasteiger partial charge in [0, 0.05) is 12.4 Å². The normalized spacial score (nSPS) is 18.9. The Morgan fingerprint density at radius 2 is 2.54 bits per heavy atom. The Morgan fingerprint density at radius 3 is 3.31 bits per heavy atom. The number of aliphatic carboxylic acids is 1. The molecular formula is C8H8N2O2S. The second-order valence-corrected chi connectivity index (χ2v) is 3.52. The molecule has 0 aromatic carbocycles. The molecule has 2 aliphatic heterocycles. The van der Waals surface area contributed by atoms with Gasteiger partial charge in [-0.25, -0.2) is 0 Å². The van der Waals surface area contributed by atoms with Crippen LogP contribution in [0.5, 0.6) is 0 Å². The molecule has 0 aromatic heterocycles. The lowest BCUT2D eigenvalue weighted by Crippen LogP contribution is -2.07. The van der Waals surface area contributed by atoms with Gasteiger partial charge in [-0.2, -0.15) is 0 Å². The first kappa shape index (κ1) is 8.25. The van der Waals surface area contributed by atoms with Crippen molar-refractivity contribution in [1.82, 2.24) is 9.03 Å². The summed E-state index contributed by atoms with van der Waals surface area (Å²) >= 11 is 1.46. The summed E-state index contributed by atoms with van der Waals surface area (Å²) in [5.74, 6) is -0.802. The van der Waals surface area contributed by atoms with Crippen LogP contribution in [0.3, 0.4) is 0 Å². The summed E-state index contributed by atoms with van der Waals surface area (Å²) in [4.78, 5) is 10.4. The Balaban J connectivity index is 2.15. The minimum atomic E-state index is -0.802. The molecule has 0 atom stereocenters. The van der Waals surface area contributed by atoms with Crippen LogP contribution in [0.25, 0.3) is 0 Å². The van der Waals surface area contributed by atoms with Gasteiger partial charge in [0.15, 0.2) is 0 Å². The van der Waals surface area contributed by atoms with Gasteiger partial charge >= 0.3 is 5.97 Å². The first-order valence-electron chi connectivity index (χ1n) is 3.78. The molecule has 0 radical (unpaired) electrons. The second-order valence-electron chi connectivity index (χ2n) is 2.71. The molecule has 0 saturated heterocycles. The van der Waals surface area contributed by atoms with Crippen molar-refractivity contribution in [2.75, 3.05) is 0 Å². The topological polar surface area (TPSA) is 52.6 Å². The van der Waals surface area contributed by atoms with Crippen LogP contribution in [0.15, 0.2) is 35.8 Å². The van der Waals surface area contributed by atoms with E-state index in [2.05, 4.69) is 4.72 Å². The van der Waals surface area contributed by atoms with Gasteiger partial charge in [-0.15, -0.1) is 0 Å². The van der Waals surface area contributed by atoms with Gasteiger partial charge in [-0.1, -0.05) is 0 Å². The zero-order chi connectivity index (χ0) is 9.26. The largest absolute Gasteiger partial charge is 0.481 e. The van der Waals surface area contributed by atoms with Gasteiger partial charge < -0.3 is 9.83 Å². The summed E-state index contributed by atoms with van der Waals surface area (Å²) in [6.45, 7) is 0. The monoisotopic (exact) mass is 196 g/mol. The predicted octanol–water partition coefficient (Wildman–Crippen LogP) is 1.22. The van der Waals surface area contributed by atoms with Crippen LogP contribution in [-0.2, 0) is 4.79 Å². The molecule has 0 amide bonds. The van der Waals surface area contributed by atoms with E-state index < -0.39 is 5.97 Å². The van der Waals surface area contributed by atoms with E-state index >= 15 is 0 Å². The molecule has 0 unspecified atom stereocenters. The van der Waals surface area contributed by atoms with Crippen molar-refractivity contribution in [3.8, 4) is 0 Å². The number of rotatable bonds is 2. The summed E-state index contributed by atoms with van der Waals surface area (Å²) in [6.07, 6.45) is 7.45. The van der Waals surface area contributed by atoms with E-state index in [1.54, 1.807) is 0 Å². The lowest BCUT2D eigenvalue weighted by Gasteiger charge is -2.16. The maximum absolute atomic E-state index is 10.4. The molecule has 2 aliphatic rings. The zero-order valence-corrected chi connectivity index (χ0v) is 7.54. The number of fused-ring (bicyclic) bond motifs is 1. The Morgan fingerprint density at radius 1 is 1.69 bits per heavy atom. The highest BCUT2D eigenvalue weighted by Crippen LogP contribution is 2.28. The van der Waals surface area contributed by atoms with E-state index in [4.69, 9.17) is 5.11 Å². The molecule has 0 aromatic rings. The lowest BCUT2D eigenvalue weighted by molar-refractivity contribution is -0.136. The highest BCUT2D eigenvalue weighted by Gasteiger charge is 2.16. The lowest BCUT2D eigenvalue weighted by atomic mass is 10.1. The summed E-state index contributed by atoms with van der Waals surface area (Å²) in [7, 11) is 0. The van der Waals surface area contributed by atoms with Gasteiger partial charge in [0.25, 0.3) is 0 Å². The molecule has 5 heteroatoms. The molecule has 2 heterocycles. The summed E-state index contributed by atoms with van der Waals surface area (Å²) in [6, 6.07) is 0. The predicted molar refractivity (Wildman–Crippen MR) is 50.1 cm³/mol. The third kappa shape index (κ3) is 1.70. The van der Waals surface area contributed by atoms with Gasteiger partial charge in [-0.05, 0) is 17.7 Å². The third-order valence-electron chi connectivity index (χ3n) is 1.72. The fraction of sp³-hybridized carbons (Fsp3) is 0.125. The van der Waals surface area contributed by atoms with Crippen LogP contribution in [0, 0.1) is 0 Å². The molecule has 0 spiro atoms. The van der Waals surface area contributed by atoms with E-state index in [9.17, 15) is 4.79 Å². The Bertz CT molecular complexity index is 333. The fourth-order valence-corrected chi connectivity index (χ4v) is 1.79. The van der Waals surface area contributed by atoms with Crippen LogP contribution in [-0.4, -0.2) is 15.4 Å². The Hall–Kier alpha value is -1.36. The number of nitrogens with zero attached hydrogens (tertiary/aromatic N) is 1. The number of allylic oxidation sites excluding steroid dienone is 2. The number of carboxylic acids is 1. The minimum absolute atomic E-state index is 0.0757. The maximum atomic E-state index is 10.4. The molecule has 2 N–H and O–H groups in total. The van der Waals surface area contributed by atoms with Crippen LogP contribution in [0.2, 0.25) is 0 Å². The Kier molecular flexibility index (Phi) is 2.02. The molecule has 2 rings (SSSR count). The first-order chi connectivity index (χ1) is 6.25. The molecule has 0 aliphatic carbocycles. The Labute approximate surface area is 79.9 Å². The summed E-state index contributed by atoms with van der Waals surface area (Å²) < 4.78 is 4.91. The number of hydrogen-bond donors (Lipinski definition) is 2. The molecule has 13 heavy (non-hydrogen) atoms. The molecule has 4 nitrogen and oxygen atoms in total. The van der Waals surface area contributed by atoms with Crippen LogP contribution in [0.1, 0.15) is 6.42 Å². The summed E-state index contributed by atoms with van der Waals surface area (Å²) in [5.41, 5.74) is 1.81. The fourth-order valence-electron chi connectivity index (χ4n) is 1.17. The van der Waals surface area contributed by atoms with Crippen molar-refractivity contribution in [2.45, 2.75) is 6.42 Å². The van der Waals surface area contributed by atoms with Crippen LogP contribution >= 0.6 is 12.1 Å². The van der Waals surface area contributed by atoms with Gasteiger partial charge in [-0.3, -0.25) is 9.10 Å². The maximum Gasteiger partial charge on any atom is 0.307 e. The average molecular weight is 196 g/mol. The van der Waals surface area contributed by atoms with Crippen molar-refractivity contribution in [3.63, 3.8) is 0 Å². The van der Waals surface area contributed by atoms with E-state index in [1.165, 1.54) is 12.1 Å². The summed E-state index contributed by atoms with van der Waals surface area (Å²) in [5, 5.41) is 8.58. The molecular weight excluding hydrogens is 188 g/mol. The number of carboxylic acid groups (broad SMARTS) is 1. The average Bonchev–Trinajstić information content (AvgIpc) is 2.49. The smallest absolute Gasteiger partial charge is 0.307 e. The van der Waals surface area contributed by atoms with Crippen molar-refractivity contribution in [1.29, 1.82) is 0 Å². The van der Waals surface area contributed by atoms with Crippen molar-refractivity contribution in [3.05, 3.63) is 35.8 Å². The highest BCUT2D eigenvalue weighted by molar-refractivity contribution is 7.95. The number of carbonyl (C=O) groups is 1. The number of hydrogen-bond acceptors (Lipinski definition) is 4. The first-order valence-corrected chi connectivity index (χ1v) is 4.55. The molecule has 68 valence electrons. The highest BCUT2D eigenvalue weighted by atomic mass is 32.2. The number of nitrogens with one attached hydrogen (secondary N) is 1. The van der Waals surface area contributed by atoms with Crippen molar-refractivity contribution >= 4 is 18.1 Å². The van der Waals surface area contributed by atoms with E-state index in [1.807, 2.05) is 28.9 Å². The molecule has 0 bridgehead atoms. The quantitative estimate of drug-likeness (QED) is 0.650. The second kappa shape index (κ2) is 3.18. The molecule has 0 saturated carbocycles. The van der Waals surface area contributed by atoms with Gasteiger partial charge in [0.1, 0.15) is 0 Å². The van der Waals surface area contributed by atoms with E-state index in [-0.39, 0.29) is 6.42 Å². The van der Waals surface area contributed by atoms with Crippen LogP contribution in [0.4, 0.5) is 0 Å². The van der Waals surface area contributed by atoms with Crippen molar-refractivity contribution < 1.29 is 9.90 Å². The third-order valence-corrected chi connectivity index (χ3v) is 2.48. The van der Waals surface area contributed by atoms with E-state index in [0.717, 1.165) is 11.3 Å². The minimum Gasteiger partial charge on any atom is -0.481 e. The van der Waals surface area contributed by atoms with Crippen LogP contribution < -0.4 is 4.72 Å². The zero-order valence-electron chi connectivity index (χ0n) is 6.73. The SMILES string of the molecule is O=C(O)CC1=CC2=CNSN2C=C1. The standard InChI is InChI=1S/C8H8N2O2S/c11-8(12)4-6-1-2-10-7(3-6)5-9-13-10/h1-3,5,9H,4H2,(H,11,12). The van der Waals surface area contributed by atoms with E-state index in [0.29, 0.717) is 0 Å². The van der Waals surface area contributed by atoms with Gasteiger partial charge in [0.2, 0.25) is 0 Å². The van der Waals surface area contributed by atoms with Crippen molar-refractivity contribution in [2.24, 2.45) is 0 Å². The van der Waals surface area contributed by atoms with Gasteiger partial charge in [0.05, 0.1) is 24.3 Å².